The number of aryl methyl sites for hydroxylation is 1. The Bertz CT molecular complexity index is 1120. The molecule has 0 bridgehead atoms. The summed E-state index contributed by atoms with van der Waals surface area (Å²) in [5.41, 5.74) is 1.20. The lowest BCUT2D eigenvalue weighted by atomic mass is 10.0. The number of likely N-dealkylation sites (tertiary alicyclic amines) is 1. The van der Waals surface area contributed by atoms with Crippen molar-refractivity contribution in [1.82, 2.24) is 20.2 Å². The molecule has 8 heteroatoms. The fourth-order valence-corrected chi connectivity index (χ4v) is 3.74. The number of carbonyl (C=O) groups excluding carboxylic acids is 2. The van der Waals surface area contributed by atoms with Crippen LogP contribution in [0.3, 0.4) is 0 Å². The first-order valence-electron chi connectivity index (χ1n) is 10.5. The summed E-state index contributed by atoms with van der Waals surface area (Å²) in [6, 6.07) is 16.4. The average molecular weight is 419 g/mol. The number of rotatable bonds is 5. The molecule has 0 spiro atoms. The molecule has 0 saturated carbocycles. The Labute approximate surface area is 179 Å². The van der Waals surface area contributed by atoms with Crippen LogP contribution in [0, 0.1) is 0 Å². The molecule has 160 valence electrons. The van der Waals surface area contributed by atoms with Gasteiger partial charge in [0, 0.05) is 37.7 Å². The van der Waals surface area contributed by atoms with Gasteiger partial charge in [-0.3, -0.25) is 9.59 Å². The van der Waals surface area contributed by atoms with E-state index >= 15 is 0 Å². The Kier molecular flexibility index (Phi) is 6.26. The van der Waals surface area contributed by atoms with Gasteiger partial charge in [0.1, 0.15) is 5.82 Å². The Hall–Kier alpha value is -3.68. The zero-order chi connectivity index (χ0) is 21.6. The van der Waals surface area contributed by atoms with Crippen molar-refractivity contribution in [3.05, 3.63) is 70.8 Å². The molecule has 1 aliphatic rings. The number of piperidine rings is 1. The van der Waals surface area contributed by atoms with Crippen LogP contribution in [0.2, 0.25) is 0 Å². The highest BCUT2D eigenvalue weighted by atomic mass is 16.2. The second kappa shape index (κ2) is 9.42. The zero-order valence-electron chi connectivity index (χ0n) is 17.1. The number of nitrogens with zero attached hydrogens (tertiary/aromatic N) is 2. The van der Waals surface area contributed by atoms with Gasteiger partial charge in [-0.25, -0.2) is 9.78 Å². The first kappa shape index (κ1) is 20.6. The number of urea groups is 1. The fraction of sp³-hybridized carbons (Fsp3) is 0.304. The van der Waals surface area contributed by atoms with E-state index in [2.05, 4.69) is 20.6 Å². The summed E-state index contributed by atoms with van der Waals surface area (Å²) < 4.78 is 0. The highest BCUT2D eigenvalue weighted by Gasteiger charge is 2.24. The molecule has 8 nitrogen and oxygen atoms in total. The Morgan fingerprint density at radius 2 is 1.74 bits per heavy atom. The largest absolute Gasteiger partial charge is 0.353 e. The first-order valence-corrected chi connectivity index (χ1v) is 10.5. The first-order chi connectivity index (χ1) is 15.1. The van der Waals surface area contributed by atoms with Gasteiger partial charge in [0.05, 0.1) is 10.9 Å². The zero-order valence-corrected chi connectivity index (χ0v) is 17.1. The van der Waals surface area contributed by atoms with E-state index in [1.54, 1.807) is 23.1 Å². The smallest absolute Gasteiger partial charge is 0.321 e. The minimum absolute atomic E-state index is 0.0388. The van der Waals surface area contributed by atoms with Crippen LogP contribution >= 0.6 is 0 Å². The standard InChI is InChI=1S/C23H25N5O3/c29-21(11-10-20-26-19-9-5-4-8-18(19)22(30)27-20)24-17-12-14-28(15-13-17)23(31)25-16-6-2-1-3-7-16/h1-9,17H,10-15H2,(H,24,29)(H,25,31)(H,26,27,30). The van der Waals surface area contributed by atoms with E-state index in [9.17, 15) is 14.4 Å². The summed E-state index contributed by atoms with van der Waals surface area (Å²) in [6.45, 7) is 1.17. The Morgan fingerprint density at radius 1 is 1.03 bits per heavy atom. The molecule has 2 aromatic carbocycles. The molecular formula is C23H25N5O3. The number of fused-ring (bicyclic) bond motifs is 1. The normalized spacial score (nSPS) is 14.4. The maximum atomic E-state index is 12.4. The summed E-state index contributed by atoms with van der Waals surface area (Å²) in [7, 11) is 0. The molecule has 1 saturated heterocycles. The third-order valence-corrected chi connectivity index (χ3v) is 5.42. The average Bonchev–Trinajstić information content (AvgIpc) is 2.79. The molecule has 3 amide bonds. The van der Waals surface area contributed by atoms with Gasteiger partial charge < -0.3 is 20.5 Å². The quantitative estimate of drug-likeness (QED) is 0.591. The molecule has 3 N–H and O–H groups in total. The molecule has 0 atom stereocenters. The summed E-state index contributed by atoms with van der Waals surface area (Å²) >= 11 is 0. The lowest BCUT2D eigenvalue weighted by molar-refractivity contribution is -0.122. The second-order valence-corrected chi connectivity index (χ2v) is 7.65. The number of carbonyl (C=O) groups is 2. The SMILES string of the molecule is O=C(CCc1nc2ccccc2c(=O)[nH]1)NC1CCN(C(=O)Nc2ccccc2)CC1. The molecule has 0 aliphatic carbocycles. The van der Waals surface area contributed by atoms with Crippen LogP contribution < -0.4 is 16.2 Å². The molecule has 1 fully saturated rings. The molecule has 0 radical (unpaired) electrons. The molecule has 4 rings (SSSR count). The Balaban J connectivity index is 1.23. The van der Waals surface area contributed by atoms with Gasteiger partial charge in [0.25, 0.3) is 5.56 Å². The number of hydrogen-bond acceptors (Lipinski definition) is 4. The lowest BCUT2D eigenvalue weighted by Gasteiger charge is -2.32. The summed E-state index contributed by atoms with van der Waals surface area (Å²) in [6.07, 6.45) is 2.03. The number of nitrogens with one attached hydrogen (secondary N) is 3. The number of anilines is 1. The minimum Gasteiger partial charge on any atom is -0.353 e. The number of H-pyrrole nitrogens is 1. The van der Waals surface area contributed by atoms with Crippen molar-refractivity contribution in [2.75, 3.05) is 18.4 Å². The van der Waals surface area contributed by atoms with E-state index in [1.165, 1.54) is 0 Å². The monoisotopic (exact) mass is 419 g/mol. The van der Waals surface area contributed by atoms with Gasteiger partial charge in [0.15, 0.2) is 0 Å². The molecular weight excluding hydrogens is 394 g/mol. The topological polar surface area (TPSA) is 107 Å². The number of aromatic amines is 1. The minimum atomic E-state index is -0.192. The van der Waals surface area contributed by atoms with Crippen molar-refractivity contribution < 1.29 is 9.59 Å². The summed E-state index contributed by atoms with van der Waals surface area (Å²) in [5.74, 6) is 0.425. The fourth-order valence-electron chi connectivity index (χ4n) is 3.74. The maximum Gasteiger partial charge on any atom is 0.321 e. The third-order valence-electron chi connectivity index (χ3n) is 5.42. The van der Waals surface area contributed by atoms with E-state index in [0.29, 0.717) is 49.1 Å². The number of benzene rings is 2. The number of aromatic nitrogens is 2. The molecule has 0 unspecified atom stereocenters. The van der Waals surface area contributed by atoms with Crippen LogP contribution in [-0.2, 0) is 11.2 Å². The second-order valence-electron chi connectivity index (χ2n) is 7.65. The predicted molar refractivity (Wildman–Crippen MR) is 119 cm³/mol. The van der Waals surface area contributed by atoms with Gasteiger partial charge in [-0.15, -0.1) is 0 Å². The van der Waals surface area contributed by atoms with Gasteiger partial charge in [-0.05, 0) is 37.1 Å². The van der Waals surface area contributed by atoms with Crippen LogP contribution in [0.5, 0.6) is 0 Å². The van der Waals surface area contributed by atoms with Crippen molar-refractivity contribution in [3.63, 3.8) is 0 Å². The van der Waals surface area contributed by atoms with Gasteiger partial charge in [0.2, 0.25) is 5.91 Å². The maximum absolute atomic E-state index is 12.4. The van der Waals surface area contributed by atoms with Crippen LogP contribution in [0.1, 0.15) is 25.1 Å². The van der Waals surface area contributed by atoms with Gasteiger partial charge >= 0.3 is 6.03 Å². The van der Waals surface area contributed by atoms with Crippen LogP contribution in [0.25, 0.3) is 10.9 Å². The van der Waals surface area contributed by atoms with E-state index in [0.717, 1.165) is 5.69 Å². The summed E-state index contributed by atoms with van der Waals surface area (Å²) in [4.78, 5) is 45.8. The molecule has 31 heavy (non-hydrogen) atoms. The van der Waals surface area contributed by atoms with E-state index in [-0.39, 0.29) is 30.0 Å². The van der Waals surface area contributed by atoms with Crippen molar-refractivity contribution in [2.45, 2.75) is 31.7 Å². The van der Waals surface area contributed by atoms with Crippen molar-refractivity contribution in [3.8, 4) is 0 Å². The third kappa shape index (κ3) is 5.28. The lowest BCUT2D eigenvalue weighted by Crippen LogP contribution is -2.47. The van der Waals surface area contributed by atoms with Gasteiger partial charge in [-0.1, -0.05) is 30.3 Å². The van der Waals surface area contributed by atoms with Crippen LogP contribution in [0.4, 0.5) is 10.5 Å². The molecule has 2 heterocycles. The number of amides is 3. The number of hydrogen-bond donors (Lipinski definition) is 3. The van der Waals surface area contributed by atoms with E-state index in [4.69, 9.17) is 0 Å². The van der Waals surface area contributed by atoms with Crippen molar-refractivity contribution in [1.29, 1.82) is 0 Å². The van der Waals surface area contributed by atoms with E-state index in [1.807, 2.05) is 36.4 Å². The Morgan fingerprint density at radius 3 is 2.52 bits per heavy atom. The van der Waals surface area contributed by atoms with Gasteiger partial charge in [-0.2, -0.15) is 0 Å². The molecule has 3 aromatic rings. The van der Waals surface area contributed by atoms with Crippen LogP contribution in [-0.4, -0.2) is 45.9 Å². The highest BCUT2D eigenvalue weighted by Crippen LogP contribution is 2.14. The van der Waals surface area contributed by atoms with Crippen molar-refractivity contribution >= 4 is 28.5 Å². The molecule has 1 aliphatic heterocycles. The van der Waals surface area contributed by atoms with E-state index < -0.39 is 0 Å². The predicted octanol–water partition coefficient (Wildman–Crippen LogP) is 2.67. The van der Waals surface area contributed by atoms with Crippen molar-refractivity contribution in [2.24, 2.45) is 0 Å². The highest BCUT2D eigenvalue weighted by molar-refractivity contribution is 5.89. The number of para-hydroxylation sites is 2. The molecule has 1 aromatic heterocycles. The van der Waals surface area contributed by atoms with Crippen LogP contribution in [0.15, 0.2) is 59.4 Å². The summed E-state index contributed by atoms with van der Waals surface area (Å²) in [5, 5.41) is 6.46.